The van der Waals surface area contributed by atoms with E-state index in [1.807, 2.05) is 0 Å². The van der Waals surface area contributed by atoms with Crippen LogP contribution in [0.2, 0.25) is 0 Å². The van der Waals surface area contributed by atoms with Gasteiger partial charge in [-0.15, -0.1) is 0 Å². The van der Waals surface area contributed by atoms with Gasteiger partial charge in [0, 0.05) is 0 Å². The highest BCUT2D eigenvalue weighted by atomic mass is 15.0. The Bertz CT molecular complexity index is 577. The predicted octanol–water partition coefficient (Wildman–Crippen LogP) is 0.416. The van der Waals surface area contributed by atoms with Gasteiger partial charge in [-0.1, -0.05) is 0 Å². The molecule has 0 spiro atoms. The number of aromatic amines is 2. The molecule has 3 rings (SSSR count). The number of nitrogens with zero attached hydrogens (tertiary/aromatic N) is 3. The van der Waals surface area contributed by atoms with Crippen LogP contribution in [-0.2, 0) is 0 Å². The average Bonchev–Trinajstić information content (AvgIpc) is 2.62. The molecule has 0 aliphatic heterocycles. The van der Waals surface area contributed by atoms with E-state index in [1.54, 1.807) is 6.33 Å². The number of hydrogen-bond acceptors (Lipinski definition) is 4. The van der Waals surface area contributed by atoms with Crippen molar-refractivity contribution >= 4 is 28.0 Å². The third-order valence-electron chi connectivity index (χ3n) is 2.00. The predicted molar refractivity (Wildman–Crippen MR) is 48.0 cm³/mol. The highest BCUT2D eigenvalue weighted by Gasteiger charge is 2.09. The third kappa shape index (κ3) is 0.689. The summed E-state index contributed by atoms with van der Waals surface area (Å²) in [6.45, 7) is 0. The van der Waals surface area contributed by atoms with Gasteiger partial charge in [0.2, 0.25) is 0 Å². The molecule has 0 aliphatic rings. The molecule has 0 bridgehead atoms. The summed E-state index contributed by atoms with van der Waals surface area (Å²) in [5.41, 5.74) is 8.02. The van der Waals surface area contributed by atoms with Gasteiger partial charge in [-0.25, -0.2) is 15.0 Å². The maximum Gasteiger partial charge on any atom is 0.158 e. The topological polar surface area (TPSA) is 96.3 Å². The highest BCUT2D eigenvalue weighted by molar-refractivity contribution is 6.07. The second kappa shape index (κ2) is 1.98. The summed E-state index contributed by atoms with van der Waals surface area (Å²) in [6.07, 6.45) is 3.03. The van der Waals surface area contributed by atoms with Gasteiger partial charge >= 0.3 is 0 Å². The van der Waals surface area contributed by atoms with E-state index in [-0.39, 0.29) is 0 Å². The number of nitrogen functional groups attached to an aromatic ring is 1. The Kier molecular flexibility index (Phi) is 0.974. The molecule has 4 N–H and O–H groups in total. The first-order chi connectivity index (χ1) is 6.36. The lowest BCUT2D eigenvalue weighted by Crippen LogP contribution is -1.91. The molecule has 3 aromatic heterocycles. The van der Waals surface area contributed by atoms with Crippen LogP contribution >= 0.6 is 0 Å². The number of anilines is 1. The maximum atomic E-state index is 5.71. The van der Waals surface area contributed by atoms with Gasteiger partial charge in [-0.2, -0.15) is 0 Å². The first-order valence-corrected chi connectivity index (χ1v) is 3.77. The zero-order chi connectivity index (χ0) is 8.84. The van der Waals surface area contributed by atoms with Crippen molar-refractivity contribution < 1.29 is 0 Å². The Morgan fingerprint density at radius 3 is 3.00 bits per heavy atom. The lowest BCUT2D eigenvalue weighted by atomic mass is 10.3. The van der Waals surface area contributed by atoms with E-state index in [0.717, 1.165) is 16.6 Å². The van der Waals surface area contributed by atoms with Crippen molar-refractivity contribution in [1.29, 1.82) is 0 Å². The summed E-state index contributed by atoms with van der Waals surface area (Å²) in [7, 11) is 0. The van der Waals surface area contributed by atoms with Gasteiger partial charge in [0.1, 0.15) is 17.8 Å². The first-order valence-electron chi connectivity index (χ1n) is 3.77. The summed E-state index contributed by atoms with van der Waals surface area (Å²) >= 11 is 0. The van der Waals surface area contributed by atoms with Gasteiger partial charge in [-0.3, -0.25) is 0 Å². The fraction of sp³-hybridized carbons (Fsp3) is 0. The Morgan fingerprint density at radius 1 is 1.15 bits per heavy atom. The van der Waals surface area contributed by atoms with Crippen molar-refractivity contribution in [2.75, 3.05) is 5.73 Å². The quantitative estimate of drug-likeness (QED) is 0.460. The van der Waals surface area contributed by atoms with E-state index in [2.05, 4.69) is 24.9 Å². The Labute approximate surface area is 72.2 Å². The monoisotopic (exact) mass is 174 g/mol. The van der Waals surface area contributed by atoms with Crippen molar-refractivity contribution in [3.05, 3.63) is 12.7 Å². The molecule has 6 nitrogen and oxygen atoms in total. The van der Waals surface area contributed by atoms with Crippen molar-refractivity contribution in [3.8, 4) is 0 Å². The summed E-state index contributed by atoms with van der Waals surface area (Å²) < 4.78 is 0. The Morgan fingerprint density at radius 2 is 2.08 bits per heavy atom. The molecule has 0 saturated heterocycles. The number of aromatic nitrogens is 5. The van der Waals surface area contributed by atoms with Gasteiger partial charge < -0.3 is 15.7 Å². The molecule has 0 saturated carbocycles. The minimum Gasteiger partial charge on any atom is -0.383 e. The molecule has 6 heteroatoms. The van der Waals surface area contributed by atoms with E-state index in [9.17, 15) is 0 Å². The Balaban J connectivity index is 2.68. The van der Waals surface area contributed by atoms with Crippen LogP contribution in [0.15, 0.2) is 12.7 Å². The number of rotatable bonds is 0. The van der Waals surface area contributed by atoms with E-state index < -0.39 is 0 Å². The van der Waals surface area contributed by atoms with E-state index in [0.29, 0.717) is 11.5 Å². The lowest BCUT2D eigenvalue weighted by Gasteiger charge is -1.91. The molecule has 13 heavy (non-hydrogen) atoms. The van der Waals surface area contributed by atoms with Crippen LogP contribution in [0.4, 0.5) is 5.82 Å². The number of nitrogens with one attached hydrogen (secondary N) is 2. The van der Waals surface area contributed by atoms with Gasteiger partial charge in [0.25, 0.3) is 0 Å². The fourth-order valence-electron chi connectivity index (χ4n) is 1.43. The normalized spacial score (nSPS) is 11.4. The van der Waals surface area contributed by atoms with Crippen molar-refractivity contribution in [2.45, 2.75) is 0 Å². The summed E-state index contributed by atoms with van der Waals surface area (Å²) in [6, 6.07) is 0. The van der Waals surface area contributed by atoms with E-state index in [1.165, 1.54) is 6.33 Å². The van der Waals surface area contributed by atoms with Crippen LogP contribution < -0.4 is 5.73 Å². The van der Waals surface area contributed by atoms with Crippen LogP contribution in [0.3, 0.4) is 0 Å². The highest BCUT2D eigenvalue weighted by Crippen LogP contribution is 2.23. The molecular weight excluding hydrogens is 168 g/mol. The number of H-pyrrole nitrogens is 2. The average molecular weight is 174 g/mol. The molecule has 0 aliphatic carbocycles. The van der Waals surface area contributed by atoms with Crippen molar-refractivity contribution in [3.63, 3.8) is 0 Å². The molecule has 0 aromatic carbocycles. The first kappa shape index (κ1) is 6.41. The minimum absolute atomic E-state index is 0.459. The smallest absolute Gasteiger partial charge is 0.158 e. The molecule has 0 atom stereocenters. The molecule has 0 amide bonds. The van der Waals surface area contributed by atoms with E-state index >= 15 is 0 Å². The molecular formula is C7H6N6. The molecule has 64 valence electrons. The number of imidazole rings is 1. The van der Waals surface area contributed by atoms with Crippen LogP contribution in [0.5, 0.6) is 0 Å². The summed E-state index contributed by atoms with van der Waals surface area (Å²) in [5, 5.41) is 0.801. The van der Waals surface area contributed by atoms with Crippen LogP contribution in [0.25, 0.3) is 22.2 Å². The molecule has 0 radical (unpaired) electrons. The van der Waals surface area contributed by atoms with Gasteiger partial charge in [0.15, 0.2) is 5.65 Å². The van der Waals surface area contributed by atoms with Crippen LogP contribution in [-0.4, -0.2) is 24.9 Å². The van der Waals surface area contributed by atoms with Crippen molar-refractivity contribution in [1.82, 2.24) is 24.9 Å². The second-order valence-corrected chi connectivity index (χ2v) is 2.73. The van der Waals surface area contributed by atoms with Gasteiger partial charge in [0.05, 0.1) is 17.2 Å². The van der Waals surface area contributed by atoms with Crippen LogP contribution in [0, 0.1) is 0 Å². The zero-order valence-corrected chi connectivity index (χ0v) is 6.57. The van der Waals surface area contributed by atoms with E-state index in [4.69, 9.17) is 5.73 Å². The second-order valence-electron chi connectivity index (χ2n) is 2.73. The SMILES string of the molecule is Nc1ncnc2[nH]c3nc[nH]c3c12. The Hall–Kier alpha value is -2.11. The maximum absolute atomic E-state index is 5.71. The molecule has 0 fully saturated rings. The summed E-state index contributed by atoms with van der Waals surface area (Å²) in [4.78, 5) is 18.0. The van der Waals surface area contributed by atoms with Gasteiger partial charge in [-0.05, 0) is 0 Å². The summed E-state index contributed by atoms with van der Waals surface area (Å²) in [5.74, 6) is 0.459. The number of hydrogen-bond donors (Lipinski definition) is 3. The largest absolute Gasteiger partial charge is 0.383 e. The fourth-order valence-corrected chi connectivity index (χ4v) is 1.43. The number of fused-ring (bicyclic) bond motifs is 3. The standard InChI is InChI=1S/C7H6N6/c8-5-3-4-7(12-1-9-4)13-6(3)11-2-10-5/h1-2H,(H,9,12)(H3,8,10,11,13). The molecule has 3 aromatic rings. The minimum atomic E-state index is 0.459. The lowest BCUT2D eigenvalue weighted by molar-refractivity contribution is 1.20. The molecule has 3 heterocycles. The number of nitrogens with two attached hydrogens (primary N) is 1. The van der Waals surface area contributed by atoms with Crippen molar-refractivity contribution in [2.24, 2.45) is 0 Å². The molecule has 0 unspecified atom stereocenters. The zero-order valence-electron chi connectivity index (χ0n) is 6.57. The van der Waals surface area contributed by atoms with Crippen LogP contribution in [0.1, 0.15) is 0 Å². The third-order valence-corrected chi connectivity index (χ3v) is 2.00.